The second-order valence-corrected chi connectivity index (χ2v) is 9.21. The average Bonchev–Trinajstić information content (AvgIpc) is 3.10. The van der Waals surface area contributed by atoms with Crippen LogP contribution in [0.3, 0.4) is 0 Å². The zero-order valence-corrected chi connectivity index (χ0v) is 15.8. The SMILES string of the molecule is CC(=O)C1=C(O)C(=O)N(c2ccc(Cl)cc2F)C1C12CC3CC(CC1C3)C2. The molecule has 6 heteroatoms. The molecule has 3 unspecified atom stereocenters. The largest absolute Gasteiger partial charge is 0.503 e. The number of hydrogen-bond donors (Lipinski definition) is 1. The van der Waals surface area contributed by atoms with Crippen molar-refractivity contribution >= 4 is 29.0 Å². The van der Waals surface area contributed by atoms with Gasteiger partial charge < -0.3 is 5.11 Å². The molecule has 1 N–H and O–H groups in total. The number of hydrogen-bond acceptors (Lipinski definition) is 3. The number of aliphatic hydroxyl groups excluding tert-OH is 1. The van der Waals surface area contributed by atoms with Gasteiger partial charge in [-0.05, 0) is 80.4 Å². The van der Waals surface area contributed by atoms with Crippen molar-refractivity contribution in [2.75, 3.05) is 4.90 Å². The fraction of sp³-hybridized carbons (Fsp3) is 0.524. The van der Waals surface area contributed by atoms with Crippen LogP contribution in [0.15, 0.2) is 29.5 Å². The van der Waals surface area contributed by atoms with E-state index in [-0.39, 0.29) is 27.5 Å². The molecule has 4 saturated carbocycles. The molecule has 3 atom stereocenters. The third-order valence-electron chi connectivity index (χ3n) is 7.35. The van der Waals surface area contributed by atoms with Gasteiger partial charge in [-0.1, -0.05) is 11.6 Å². The number of halogens is 2. The van der Waals surface area contributed by atoms with Gasteiger partial charge in [0.25, 0.3) is 5.91 Å². The normalized spacial score (nSPS) is 37.0. The van der Waals surface area contributed by atoms with Crippen LogP contribution in [0.25, 0.3) is 0 Å². The molecule has 0 spiro atoms. The Kier molecular flexibility index (Phi) is 3.55. The summed E-state index contributed by atoms with van der Waals surface area (Å²) in [5.41, 5.74) is -0.0128. The van der Waals surface area contributed by atoms with Crippen LogP contribution >= 0.6 is 11.6 Å². The molecule has 1 amide bonds. The van der Waals surface area contributed by atoms with Crippen molar-refractivity contribution in [2.24, 2.45) is 23.2 Å². The maximum Gasteiger partial charge on any atom is 0.294 e. The Labute approximate surface area is 162 Å². The van der Waals surface area contributed by atoms with E-state index >= 15 is 0 Å². The molecule has 1 aliphatic heterocycles. The van der Waals surface area contributed by atoms with Crippen LogP contribution in [0.5, 0.6) is 0 Å². The summed E-state index contributed by atoms with van der Waals surface area (Å²) in [4.78, 5) is 26.8. The number of benzene rings is 1. The smallest absolute Gasteiger partial charge is 0.294 e. The highest BCUT2D eigenvalue weighted by molar-refractivity contribution is 6.30. The highest BCUT2D eigenvalue weighted by Crippen LogP contribution is 2.69. The van der Waals surface area contributed by atoms with E-state index in [0.29, 0.717) is 17.8 Å². The molecule has 0 aromatic heterocycles. The summed E-state index contributed by atoms with van der Waals surface area (Å²) in [6.45, 7) is 1.38. The molecular formula is C21H21ClFNO3. The maximum absolute atomic E-state index is 14.8. The molecule has 4 fully saturated rings. The number of aliphatic hydroxyl groups is 1. The van der Waals surface area contributed by atoms with Crippen LogP contribution in [0.2, 0.25) is 5.02 Å². The molecule has 1 aromatic carbocycles. The van der Waals surface area contributed by atoms with Crippen molar-refractivity contribution in [1.29, 1.82) is 0 Å². The molecule has 0 saturated heterocycles. The molecule has 27 heavy (non-hydrogen) atoms. The van der Waals surface area contributed by atoms with Crippen LogP contribution in [-0.4, -0.2) is 22.8 Å². The molecule has 4 aliphatic carbocycles. The van der Waals surface area contributed by atoms with Crippen molar-refractivity contribution in [2.45, 2.75) is 45.1 Å². The zero-order chi connectivity index (χ0) is 19.1. The van der Waals surface area contributed by atoms with Crippen LogP contribution in [0.4, 0.5) is 10.1 Å². The minimum atomic E-state index is -0.688. The minimum absolute atomic E-state index is 0.0813. The molecule has 1 heterocycles. The summed E-state index contributed by atoms with van der Waals surface area (Å²) in [6, 6.07) is 3.57. The lowest BCUT2D eigenvalue weighted by Gasteiger charge is -2.43. The molecule has 6 rings (SSSR count). The first-order valence-corrected chi connectivity index (χ1v) is 9.92. The van der Waals surface area contributed by atoms with E-state index in [1.165, 1.54) is 36.4 Å². The topological polar surface area (TPSA) is 57.6 Å². The highest BCUT2D eigenvalue weighted by Gasteiger charge is 2.65. The number of carbonyl (C=O) groups excluding carboxylic acids is 2. The molecule has 4 nitrogen and oxygen atoms in total. The number of anilines is 1. The summed E-state index contributed by atoms with van der Waals surface area (Å²) < 4.78 is 14.8. The monoisotopic (exact) mass is 389 g/mol. The van der Waals surface area contributed by atoms with Crippen molar-refractivity contribution in [3.63, 3.8) is 0 Å². The van der Waals surface area contributed by atoms with Crippen molar-refractivity contribution < 1.29 is 19.1 Å². The Morgan fingerprint density at radius 3 is 2.52 bits per heavy atom. The number of nitrogens with zero attached hydrogens (tertiary/aromatic N) is 1. The van der Waals surface area contributed by atoms with E-state index < -0.39 is 23.5 Å². The van der Waals surface area contributed by atoms with E-state index in [0.717, 1.165) is 25.7 Å². The lowest BCUT2D eigenvalue weighted by atomic mass is 9.68. The van der Waals surface area contributed by atoms with Crippen molar-refractivity contribution in [3.8, 4) is 0 Å². The standard InChI is InChI=1S/C21H21ClFNO3/c1-10(25)17-18(26)20(27)24(16-3-2-14(22)7-15(16)23)19(17)21-8-11-4-12(9-21)6-13(21)5-11/h2-3,7,11-13,19,26H,4-6,8-9H2,1H3. The minimum Gasteiger partial charge on any atom is -0.503 e. The summed E-state index contributed by atoms with van der Waals surface area (Å²) >= 11 is 5.89. The van der Waals surface area contributed by atoms with E-state index in [9.17, 15) is 19.1 Å². The Hall–Kier alpha value is -1.88. The predicted molar refractivity (Wildman–Crippen MR) is 99.0 cm³/mol. The van der Waals surface area contributed by atoms with Gasteiger partial charge in [0.2, 0.25) is 0 Å². The number of amides is 1. The second-order valence-electron chi connectivity index (χ2n) is 8.77. The van der Waals surface area contributed by atoms with E-state index in [4.69, 9.17) is 11.6 Å². The molecule has 142 valence electrons. The lowest BCUT2D eigenvalue weighted by molar-refractivity contribution is -0.117. The molecule has 1 aromatic rings. The van der Waals surface area contributed by atoms with Gasteiger partial charge in [-0.25, -0.2) is 4.39 Å². The van der Waals surface area contributed by atoms with Gasteiger partial charge in [-0.3, -0.25) is 14.5 Å². The Bertz CT molecular complexity index is 897. The molecular weight excluding hydrogens is 369 g/mol. The summed E-state index contributed by atoms with van der Waals surface area (Å²) in [5, 5.41) is 10.8. The van der Waals surface area contributed by atoms with Gasteiger partial charge in [0, 0.05) is 5.02 Å². The third kappa shape index (κ3) is 2.21. The van der Waals surface area contributed by atoms with Crippen LogP contribution in [0, 0.1) is 29.0 Å². The van der Waals surface area contributed by atoms with Crippen LogP contribution in [0.1, 0.15) is 39.0 Å². The van der Waals surface area contributed by atoms with Crippen LogP contribution in [-0.2, 0) is 9.59 Å². The second kappa shape index (κ2) is 5.57. The number of carbonyl (C=O) groups is 2. The number of rotatable bonds is 3. The van der Waals surface area contributed by atoms with Gasteiger partial charge in [-0.2, -0.15) is 0 Å². The van der Waals surface area contributed by atoms with Crippen LogP contribution < -0.4 is 4.90 Å². The maximum atomic E-state index is 14.8. The number of ketones is 1. The molecule has 4 bridgehead atoms. The lowest BCUT2D eigenvalue weighted by Crippen LogP contribution is -2.50. The van der Waals surface area contributed by atoms with Gasteiger partial charge in [-0.15, -0.1) is 0 Å². The van der Waals surface area contributed by atoms with Gasteiger partial charge in [0.15, 0.2) is 11.5 Å². The Morgan fingerprint density at radius 1 is 1.26 bits per heavy atom. The molecule has 0 radical (unpaired) electrons. The van der Waals surface area contributed by atoms with E-state index in [1.807, 2.05) is 0 Å². The number of Topliss-reactive ketones (excluding diaryl/α,β-unsaturated/α-hetero) is 1. The summed E-state index contributed by atoms with van der Waals surface area (Å²) in [5.74, 6) is -0.529. The average molecular weight is 390 g/mol. The van der Waals surface area contributed by atoms with E-state index in [2.05, 4.69) is 0 Å². The fourth-order valence-electron chi connectivity index (χ4n) is 6.74. The van der Waals surface area contributed by atoms with Crippen molar-refractivity contribution in [3.05, 3.63) is 40.4 Å². The fourth-order valence-corrected chi connectivity index (χ4v) is 6.90. The summed E-state index contributed by atoms with van der Waals surface area (Å²) in [7, 11) is 0. The third-order valence-corrected chi connectivity index (χ3v) is 7.59. The van der Waals surface area contributed by atoms with Crippen molar-refractivity contribution in [1.82, 2.24) is 0 Å². The van der Waals surface area contributed by atoms with Gasteiger partial charge in [0.1, 0.15) is 5.82 Å². The first-order valence-electron chi connectivity index (χ1n) is 9.54. The Morgan fingerprint density at radius 2 is 1.93 bits per heavy atom. The quantitative estimate of drug-likeness (QED) is 0.832. The first kappa shape index (κ1) is 17.2. The van der Waals surface area contributed by atoms with Gasteiger partial charge in [0.05, 0.1) is 17.3 Å². The highest BCUT2D eigenvalue weighted by atomic mass is 35.5. The Balaban J connectivity index is 1.69. The molecule has 5 aliphatic rings. The zero-order valence-electron chi connectivity index (χ0n) is 15.0. The predicted octanol–water partition coefficient (Wildman–Crippen LogP) is 4.42. The van der Waals surface area contributed by atoms with Gasteiger partial charge >= 0.3 is 0 Å². The summed E-state index contributed by atoms with van der Waals surface area (Å²) in [6.07, 6.45) is 5.28. The van der Waals surface area contributed by atoms with E-state index in [1.54, 1.807) is 0 Å². The first-order chi connectivity index (χ1) is 12.8.